The summed E-state index contributed by atoms with van der Waals surface area (Å²) in [7, 11) is 1.59. The number of esters is 1. The van der Waals surface area contributed by atoms with Gasteiger partial charge in [-0.15, -0.1) is 0 Å². The zero-order chi connectivity index (χ0) is 27.4. The Morgan fingerprint density at radius 3 is 2.58 bits per heavy atom. The summed E-state index contributed by atoms with van der Waals surface area (Å²) in [6.45, 7) is 8.05. The van der Waals surface area contributed by atoms with Crippen molar-refractivity contribution in [2.45, 2.75) is 52.7 Å². The molecule has 7 nitrogen and oxygen atoms in total. The number of halogens is 1. The lowest BCUT2D eigenvalue weighted by molar-refractivity contribution is -0.143. The van der Waals surface area contributed by atoms with Gasteiger partial charge in [0.1, 0.15) is 0 Å². The summed E-state index contributed by atoms with van der Waals surface area (Å²) in [4.78, 5) is 32.1. The summed E-state index contributed by atoms with van der Waals surface area (Å²) in [5, 5.41) is 0.559. The minimum absolute atomic E-state index is 0.252. The van der Waals surface area contributed by atoms with E-state index in [2.05, 4.69) is 11.9 Å². The van der Waals surface area contributed by atoms with Gasteiger partial charge in [0.15, 0.2) is 16.3 Å². The molecule has 1 unspecified atom stereocenters. The van der Waals surface area contributed by atoms with E-state index in [4.69, 9.17) is 25.8 Å². The Morgan fingerprint density at radius 2 is 1.92 bits per heavy atom. The molecule has 4 rings (SSSR count). The highest BCUT2D eigenvalue weighted by molar-refractivity contribution is 7.07. The average molecular weight is 555 g/mol. The summed E-state index contributed by atoms with van der Waals surface area (Å²) in [5.74, 6) is 0.751. The molecule has 0 spiro atoms. The first-order chi connectivity index (χ1) is 18.2. The summed E-state index contributed by atoms with van der Waals surface area (Å²) >= 11 is 7.40. The Balaban J connectivity index is 1.83. The van der Waals surface area contributed by atoms with E-state index in [0.717, 1.165) is 24.0 Å². The molecular formula is C29H31ClN2O5S. The van der Waals surface area contributed by atoms with Gasteiger partial charge in [-0.3, -0.25) is 9.36 Å². The quantitative estimate of drug-likeness (QED) is 0.274. The van der Waals surface area contributed by atoms with Gasteiger partial charge < -0.3 is 14.2 Å². The van der Waals surface area contributed by atoms with E-state index in [9.17, 15) is 9.59 Å². The number of aromatic nitrogens is 1. The van der Waals surface area contributed by atoms with Crippen LogP contribution in [0, 0.1) is 0 Å². The highest BCUT2D eigenvalue weighted by atomic mass is 35.5. The molecule has 3 aromatic rings. The van der Waals surface area contributed by atoms with Crippen molar-refractivity contribution in [1.82, 2.24) is 4.57 Å². The number of methoxy groups -OCH3 is 1. The van der Waals surface area contributed by atoms with Gasteiger partial charge in [0, 0.05) is 5.02 Å². The first-order valence-electron chi connectivity index (χ1n) is 12.5. The molecule has 1 aliphatic rings. The van der Waals surface area contributed by atoms with Crippen LogP contribution < -0.4 is 24.4 Å². The first-order valence-corrected chi connectivity index (χ1v) is 13.7. The van der Waals surface area contributed by atoms with Gasteiger partial charge in [0.05, 0.1) is 41.7 Å². The fourth-order valence-electron chi connectivity index (χ4n) is 4.19. The topological polar surface area (TPSA) is 79.1 Å². The van der Waals surface area contributed by atoms with E-state index in [1.807, 2.05) is 30.3 Å². The van der Waals surface area contributed by atoms with E-state index in [-0.39, 0.29) is 11.7 Å². The Morgan fingerprint density at radius 1 is 1.18 bits per heavy atom. The van der Waals surface area contributed by atoms with E-state index in [0.29, 0.717) is 43.7 Å². The highest BCUT2D eigenvalue weighted by Crippen LogP contribution is 2.32. The minimum atomic E-state index is -0.694. The van der Waals surface area contributed by atoms with Gasteiger partial charge in [-0.25, -0.2) is 9.79 Å². The van der Waals surface area contributed by atoms with Crippen LogP contribution in [0.25, 0.3) is 6.08 Å². The zero-order valence-corrected chi connectivity index (χ0v) is 23.7. The standard InChI is InChI=1S/C29H31ClN2O5S/c1-6-7-14-36-22-13-8-19(15-23(22)35-5)16-24-27(33)32-26(20-9-11-21(30)12-10-20)25(28(34)37-17(2)3)18(4)31-29(32)38-24/h8-13,15-17,26H,6-7,14H2,1-5H3. The molecule has 0 radical (unpaired) electrons. The number of unbranched alkanes of at least 4 members (excludes halogenated alkanes) is 1. The molecule has 2 heterocycles. The van der Waals surface area contributed by atoms with Crippen LogP contribution in [0.4, 0.5) is 0 Å². The number of fused-ring (bicyclic) bond motifs is 1. The van der Waals surface area contributed by atoms with Gasteiger partial charge in [-0.2, -0.15) is 0 Å². The van der Waals surface area contributed by atoms with Crippen molar-refractivity contribution < 1.29 is 19.0 Å². The maximum absolute atomic E-state index is 13.8. The van der Waals surface area contributed by atoms with Gasteiger partial charge in [-0.05, 0) is 68.7 Å². The second-order valence-corrected chi connectivity index (χ2v) is 10.6. The largest absolute Gasteiger partial charge is 0.493 e. The molecule has 0 N–H and O–H groups in total. The van der Waals surface area contributed by atoms with Crippen LogP contribution in [-0.4, -0.2) is 30.4 Å². The number of rotatable bonds is 9. The molecule has 0 saturated carbocycles. The Kier molecular flexibility index (Phi) is 8.74. The van der Waals surface area contributed by atoms with Crippen LogP contribution in [0.2, 0.25) is 5.02 Å². The van der Waals surface area contributed by atoms with E-state index < -0.39 is 12.0 Å². The van der Waals surface area contributed by atoms with Crippen LogP contribution in [0.5, 0.6) is 11.5 Å². The molecule has 1 aromatic heterocycles. The van der Waals surface area contributed by atoms with Gasteiger partial charge in [0.2, 0.25) is 0 Å². The Hall–Kier alpha value is -3.36. The number of ether oxygens (including phenoxy) is 3. The molecule has 0 amide bonds. The van der Waals surface area contributed by atoms with Crippen LogP contribution >= 0.6 is 22.9 Å². The molecule has 0 fully saturated rings. The number of carbonyl (C=O) groups excluding carboxylic acids is 1. The molecule has 0 aliphatic carbocycles. The number of benzene rings is 2. The molecule has 200 valence electrons. The van der Waals surface area contributed by atoms with E-state index in [1.54, 1.807) is 50.7 Å². The van der Waals surface area contributed by atoms with Crippen molar-refractivity contribution in [3.8, 4) is 11.5 Å². The number of hydrogen-bond donors (Lipinski definition) is 0. The SMILES string of the molecule is CCCCOc1ccc(C=c2sc3n(c2=O)C(c2ccc(Cl)cc2)C(C(=O)OC(C)C)=C(C)N=3)cc1OC. The lowest BCUT2D eigenvalue weighted by Crippen LogP contribution is -2.40. The number of thiazole rings is 1. The molecule has 0 bridgehead atoms. The number of nitrogens with zero attached hydrogens (tertiary/aromatic N) is 2. The molecule has 0 saturated heterocycles. The second kappa shape index (κ2) is 12.0. The Bertz CT molecular complexity index is 1540. The summed E-state index contributed by atoms with van der Waals surface area (Å²) in [5.41, 5.74) is 2.11. The third-order valence-corrected chi connectivity index (χ3v) is 7.25. The second-order valence-electron chi connectivity index (χ2n) is 9.20. The Labute approximate surface area is 230 Å². The molecule has 2 aromatic carbocycles. The third kappa shape index (κ3) is 5.87. The van der Waals surface area contributed by atoms with Crippen molar-refractivity contribution in [3.05, 3.63) is 89.6 Å². The fraction of sp³-hybridized carbons (Fsp3) is 0.345. The normalized spacial score (nSPS) is 15.3. The molecule has 1 atom stereocenters. The average Bonchev–Trinajstić information content (AvgIpc) is 3.18. The molecular weight excluding hydrogens is 524 g/mol. The minimum Gasteiger partial charge on any atom is -0.493 e. The zero-order valence-electron chi connectivity index (χ0n) is 22.1. The number of hydrogen-bond acceptors (Lipinski definition) is 7. The van der Waals surface area contributed by atoms with Gasteiger partial charge >= 0.3 is 5.97 Å². The van der Waals surface area contributed by atoms with Crippen LogP contribution in [0.3, 0.4) is 0 Å². The van der Waals surface area contributed by atoms with Gasteiger partial charge in [0.25, 0.3) is 5.56 Å². The summed E-state index contributed by atoms with van der Waals surface area (Å²) < 4.78 is 18.9. The van der Waals surface area contributed by atoms with Crippen molar-refractivity contribution in [2.24, 2.45) is 4.99 Å². The number of allylic oxidation sites excluding steroid dienone is 1. The van der Waals surface area contributed by atoms with Crippen molar-refractivity contribution in [1.29, 1.82) is 0 Å². The van der Waals surface area contributed by atoms with E-state index >= 15 is 0 Å². The predicted molar refractivity (Wildman–Crippen MR) is 150 cm³/mol. The van der Waals surface area contributed by atoms with E-state index in [1.165, 1.54) is 11.3 Å². The first kappa shape index (κ1) is 27.7. The summed E-state index contributed by atoms with van der Waals surface area (Å²) in [6.07, 6.45) is 3.47. The molecule has 1 aliphatic heterocycles. The lowest BCUT2D eigenvalue weighted by Gasteiger charge is -2.25. The highest BCUT2D eigenvalue weighted by Gasteiger charge is 2.33. The third-order valence-electron chi connectivity index (χ3n) is 6.01. The predicted octanol–water partition coefficient (Wildman–Crippen LogP) is 5.03. The van der Waals surface area contributed by atoms with Crippen LogP contribution in [0.15, 0.2) is 63.5 Å². The molecule has 38 heavy (non-hydrogen) atoms. The fourth-order valence-corrected chi connectivity index (χ4v) is 5.36. The van der Waals surface area contributed by atoms with Crippen molar-refractivity contribution in [3.63, 3.8) is 0 Å². The maximum Gasteiger partial charge on any atom is 0.338 e. The lowest BCUT2D eigenvalue weighted by atomic mass is 9.96. The van der Waals surface area contributed by atoms with Crippen LogP contribution in [0.1, 0.15) is 57.7 Å². The number of carbonyl (C=O) groups is 1. The summed E-state index contributed by atoms with van der Waals surface area (Å²) in [6, 6.07) is 12.0. The molecule has 9 heteroatoms. The van der Waals surface area contributed by atoms with Gasteiger partial charge in [-0.1, -0.05) is 54.5 Å². The van der Waals surface area contributed by atoms with Crippen molar-refractivity contribution >= 4 is 35.0 Å². The maximum atomic E-state index is 13.8. The monoisotopic (exact) mass is 554 g/mol. The van der Waals surface area contributed by atoms with Crippen molar-refractivity contribution in [2.75, 3.05) is 13.7 Å². The van der Waals surface area contributed by atoms with Crippen LogP contribution in [-0.2, 0) is 9.53 Å². The smallest absolute Gasteiger partial charge is 0.338 e.